The number of aryl methyl sites for hydroxylation is 1. The van der Waals surface area contributed by atoms with Crippen molar-refractivity contribution < 1.29 is 4.92 Å². The smallest absolute Gasteiger partial charge is 0.304 e. The van der Waals surface area contributed by atoms with Gasteiger partial charge in [0, 0.05) is 12.1 Å². The Kier molecular flexibility index (Phi) is 7.34. The molecule has 3 aromatic rings. The summed E-state index contributed by atoms with van der Waals surface area (Å²) in [5.41, 5.74) is 3.04. The number of H-pyrrole nitrogens is 1. The first kappa shape index (κ1) is 22.8. The lowest BCUT2D eigenvalue weighted by atomic mass is 10.1. The standard InChI is InChI=1S/C21H29N7O2S/c1-5-25(6-2)12-7-13-26-20(22-23-21(26)31)18-10-8-17(9-11-18)14-27-16(4)19(28(29)30)15(3)24-27/h8-11H,5-7,12-14H2,1-4H3,(H,23,31). The Balaban J connectivity index is 1.75. The molecule has 166 valence electrons. The fourth-order valence-electron chi connectivity index (χ4n) is 3.78. The molecule has 0 spiro atoms. The summed E-state index contributed by atoms with van der Waals surface area (Å²) in [5, 5.41) is 22.9. The first-order valence-corrected chi connectivity index (χ1v) is 10.9. The number of benzene rings is 1. The van der Waals surface area contributed by atoms with Crippen LogP contribution in [0.3, 0.4) is 0 Å². The van der Waals surface area contributed by atoms with E-state index >= 15 is 0 Å². The maximum atomic E-state index is 11.2. The fraction of sp³-hybridized carbons (Fsp3) is 0.476. The lowest BCUT2D eigenvalue weighted by molar-refractivity contribution is -0.386. The van der Waals surface area contributed by atoms with Gasteiger partial charge in [-0.25, -0.2) is 0 Å². The quantitative estimate of drug-likeness (QED) is 0.288. The molecule has 0 amide bonds. The average molecular weight is 444 g/mol. The molecule has 9 nitrogen and oxygen atoms in total. The van der Waals surface area contributed by atoms with Gasteiger partial charge in [-0.1, -0.05) is 38.1 Å². The number of hydrogen-bond donors (Lipinski definition) is 1. The zero-order chi connectivity index (χ0) is 22.5. The maximum absolute atomic E-state index is 11.2. The second kappa shape index (κ2) is 9.97. The maximum Gasteiger partial charge on any atom is 0.312 e. The monoisotopic (exact) mass is 443 g/mol. The summed E-state index contributed by atoms with van der Waals surface area (Å²) >= 11 is 5.44. The van der Waals surface area contributed by atoms with E-state index in [1.54, 1.807) is 18.5 Å². The molecule has 1 N–H and O–H groups in total. The van der Waals surface area contributed by atoms with Crippen molar-refractivity contribution in [1.82, 2.24) is 29.4 Å². The first-order chi connectivity index (χ1) is 14.8. The molecule has 1 aromatic carbocycles. The van der Waals surface area contributed by atoms with Gasteiger partial charge in [0.2, 0.25) is 0 Å². The Morgan fingerprint density at radius 2 is 1.87 bits per heavy atom. The van der Waals surface area contributed by atoms with Gasteiger partial charge >= 0.3 is 5.69 Å². The fourth-order valence-corrected chi connectivity index (χ4v) is 4.00. The summed E-state index contributed by atoms with van der Waals surface area (Å²) in [6.45, 7) is 12.1. The lowest BCUT2D eigenvalue weighted by Gasteiger charge is -2.18. The minimum Gasteiger partial charge on any atom is -0.304 e. The number of hydrogen-bond acceptors (Lipinski definition) is 6. The molecule has 0 saturated heterocycles. The highest BCUT2D eigenvalue weighted by Gasteiger charge is 2.21. The van der Waals surface area contributed by atoms with Gasteiger partial charge in [-0.15, -0.1) is 0 Å². The van der Waals surface area contributed by atoms with Crippen molar-refractivity contribution in [1.29, 1.82) is 0 Å². The third-order valence-corrected chi connectivity index (χ3v) is 5.89. The van der Waals surface area contributed by atoms with Crippen LogP contribution in [-0.4, -0.2) is 54.0 Å². The molecule has 0 unspecified atom stereocenters. The molecule has 0 aliphatic rings. The number of aromatic nitrogens is 5. The number of nitrogens with one attached hydrogen (secondary N) is 1. The van der Waals surface area contributed by atoms with Crippen molar-refractivity contribution in [3.8, 4) is 11.4 Å². The lowest BCUT2D eigenvalue weighted by Crippen LogP contribution is -2.24. The summed E-state index contributed by atoms with van der Waals surface area (Å²) < 4.78 is 4.33. The predicted octanol–water partition coefficient (Wildman–Crippen LogP) is 4.11. The molecule has 31 heavy (non-hydrogen) atoms. The van der Waals surface area contributed by atoms with Gasteiger partial charge in [0.1, 0.15) is 11.4 Å². The van der Waals surface area contributed by atoms with E-state index in [0.29, 0.717) is 22.7 Å². The molecule has 2 heterocycles. The van der Waals surface area contributed by atoms with E-state index in [1.165, 1.54) is 0 Å². The third kappa shape index (κ3) is 5.08. The van der Waals surface area contributed by atoms with E-state index in [0.717, 1.165) is 49.6 Å². The molecule has 10 heteroatoms. The molecule has 3 rings (SSSR count). The highest BCUT2D eigenvalue weighted by Crippen LogP contribution is 2.23. The van der Waals surface area contributed by atoms with Gasteiger partial charge in [-0.05, 0) is 57.7 Å². The molecule has 0 fully saturated rings. The van der Waals surface area contributed by atoms with Crippen LogP contribution in [-0.2, 0) is 13.1 Å². The van der Waals surface area contributed by atoms with Gasteiger partial charge in [-0.2, -0.15) is 10.2 Å². The second-order valence-corrected chi connectivity index (χ2v) is 7.90. The molecule has 0 aliphatic heterocycles. The number of nitro groups is 1. The van der Waals surface area contributed by atoms with Crippen LogP contribution in [0.2, 0.25) is 0 Å². The number of rotatable bonds is 10. The third-order valence-electron chi connectivity index (χ3n) is 5.58. The zero-order valence-electron chi connectivity index (χ0n) is 18.5. The van der Waals surface area contributed by atoms with Crippen molar-refractivity contribution in [2.45, 2.75) is 47.2 Å². The minimum atomic E-state index is -0.375. The molecule has 0 atom stereocenters. The van der Waals surface area contributed by atoms with Crippen molar-refractivity contribution in [2.75, 3.05) is 19.6 Å². The van der Waals surface area contributed by atoms with Crippen LogP contribution in [0.15, 0.2) is 24.3 Å². The summed E-state index contributed by atoms with van der Waals surface area (Å²) in [4.78, 5) is 13.2. The summed E-state index contributed by atoms with van der Waals surface area (Å²) in [7, 11) is 0. The van der Waals surface area contributed by atoms with Crippen molar-refractivity contribution >= 4 is 17.9 Å². The van der Waals surface area contributed by atoms with E-state index in [2.05, 4.69) is 34.0 Å². The SMILES string of the molecule is CCN(CC)CCCn1c(-c2ccc(Cn3nc(C)c([N+](=O)[O-])c3C)cc2)n[nH]c1=S. The number of nitrogens with zero attached hydrogens (tertiary/aromatic N) is 6. The molecule has 2 aromatic heterocycles. The van der Waals surface area contributed by atoms with Crippen LogP contribution in [0.4, 0.5) is 5.69 Å². The Hall–Kier alpha value is -2.85. The molecule has 0 radical (unpaired) electrons. The van der Waals surface area contributed by atoms with E-state index in [4.69, 9.17) is 12.2 Å². The van der Waals surface area contributed by atoms with E-state index < -0.39 is 0 Å². The van der Waals surface area contributed by atoms with Gasteiger partial charge in [0.15, 0.2) is 10.6 Å². The first-order valence-electron chi connectivity index (χ1n) is 10.5. The van der Waals surface area contributed by atoms with Gasteiger partial charge in [-0.3, -0.25) is 19.9 Å². The van der Waals surface area contributed by atoms with Gasteiger partial charge in [0.05, 0.1) is 11.5 Å². The largest absolute Gasteiger partial charge is 0.312 e. The highest BCUT2D eigenvalue weighted by molar-refractivity contribution is 7.71. The van der Waals surface area contributed by atoms with Crippen molar-refractivity contribution in [2.24, 2.45) is 0 Å². The van der Waals surface area contributed by atoms with Crippen LogP contribution < -0.4 is 0 Å². The Labute approximate surface area is 186 Å². The molecular weight excluding hydrogens is 414 g/mol. The van der Waals surface area contributed by atoms with Gasteiger partial charge in [0.25, 0.3) is 0 Å². The van der Waals surface area contributed by atoms with E-state index in [9.17, 15) is 10.1 Å². The van der Waals surface area contributed by atoms with Crippen LogP contribution in [0, 0.1) is 28.7 Å². The average Bonchev–Trinajstić information content (AvgIpc) is 3.24. The zero-order valence-corrected chi connectivity index (χ0v) is 19.3. The summed E-state index contributed by atoms with van der Waals surface area (Å²) in [6.07, 6.45) is 0.997. The van der Waals surface area contributed by atoms with Crippen molar-refractivity contribution in [3.63, 3.8) is 0 Å². The normalized spacial score (nSPS) is 11.4. The topological polar surface area (TPSA) is 97.8 Å². The molecular formula is C21H29N7O2S. The Morgan fingerprint density at radius 1 is 1.19 bits per heavy atom. The molecule has 0 bridgehead atoms. The van der Waals surface area contributed by atoms with Crippen LogP contribution >= 0.6 is 12.2 Å². The van der Waals surface area contributed by atoms with Gasteiger partial charge < -0.3 is 9.47 Å². The van der Waals surface area contributed by atoms with Crippen LogP contribution in [0.5, 0.6) is 0 Å². The Bertz CT molecular complexity index is 1090. The van der Waals surface area contributed by atoms with Crippen LogP contribution in [0.1, 0.15) is 37.2 Å². The van der Waals surface area contributed by atoms with Crippen molar-refractivity contribution in [3.05, 3.63) is 56.1 Å². The minimum absolute atomic E-state index is 0.0804. The molecule has 0 saturated carbocycles. The summed E-state index contributed by atoms with van der Waals surface area (Å²) in [6, 6.07) is 7.99. The molecule has 0 aliphatic carbocycles. The van der Waals surface area contributed by atoms with E-state index in [1.807, 2.05) is 28.8 Å². The number of aromatic amines is 1. The highest BCUT2D eigenvalue weighted by atomic mass is 32.1. The van der Waals surface area contributed by atoms with E-state index in [-0.39, 0.29) is 10.6 Å². The predicted molar refractivity (Wildman–Crippen MR) is 123 cm³/mol. The van der Waals surface area contributed by atoms with Crippen LogP contribution in [0.25, 0.3) is 11.4 Å². The summed E-state index contributed by atoms with van der Waals surface area (Å²) in [5.74, 6) is 0.817. The Morgan fingerprint density at radius 3 is 2.45 bits per heavy atom. The second-order valence-electron chi connectivity index (χ2n) is 7.52.